The number of hydrogen-bond acceptors (Lipinski definition) is 2. The van der Waals surface area contributed by atoms with Gasteiger partial charge < -0.3 is 5.32 Å². The Hall–Kier alpha value is -1.31. The van der Waals surface area contributed by atoms with Crippen molar-refractivity contribution in [2.45, 2.75) is 20.4 Å². The third kappa shape index (κ3) is 3.28. The van der Waals surface area contributed by atoms with Crippen LogP contribution < -0.4 is 5.32 Å². The zero-order valence-corrected chi connectivity index (χ0v) is 8.25. The lowest BCUT2D eigenvalue weighted by Crippen LogP contribution is -1.95. The van der Waals surface area contributed by atoms with Crippen molar-refractivity contribution in [3.05, 3.63) is 29.8 Å². The summed E-state index contributed by atoms with van der Waals surface area (Å²) in [5.41, 5.74) is 2.42. The summed E-state index contributed by atoms with van der Waals surface area (Å²) in [7, 11) is 0. The van der Waals surface area contributed by atoms with Crippen LogP contribution in [0.3, 0.4) is 0 Å². The van der Waals surface area contributed by atoms with Gasteiger partial charge >= 0.3 is 0 Å². The summed E-state index contributed by atoms with van der Waals surface area (Å²) in [6.45, 7) is 5.78. The molecule has 0 spiro atoms. The van der Waals surface area contributed by atoms with E-state index in [4.69, 9.17) is 0 Å². The Bertz CT molecular complexity index is 262. The molecule has 0 fully saturated rings. The predicted octanol–water partition coefficient (Wildman–Crippen LogP) is 2.71. The lowest BCUT2D eigenvalue weighted by molar-refractivity contribution is 1.07. The number of aliphatic imine (C=N–C) groups is 1. The Morgan fingerprint density at radius 2 is 2.00 bits per heavy atom. The van der Waals surface area contributed by atoms with Crippen molar-refractivity contribution in [1.82, 2.24) is 0 Å². The summed E-state index contributed by atoms with van der Waals surface area (Å²) in [5.74, 6) is 0. The zero-order chi connectivity index (χ0) is 9.52. The van der Waals surface area contributed by atoms with Crippen LogP contribution in [0, 0.1) is 0 Å². The summed E-state index contributed by atoms with van der Waals surface area (Å²) in [4.78, 5) is 4.17. The molecule has 0 aliphatic rings. The highest BCUT2D eigenvalue weighted by Gasteiger charge is 1.91. The SMILES string of the molecule is CC=NCc1ccc(NCC)cc1. The summed E-state index contributed by atoms with van der Waals surface area (Å²) >= 11 is 0. The van der Waals surface area contributed by atoms with Crippen molar-refractivity contribution in [2.24, 2.45) is 4.99 Å². The minimum absolute atomic E-state index is 0.781. The first-order chi connectivity index (χ1) is 6.36. The van der Waals surface area contributed by atoms with E-state index >= 15 is 0 Å². The fraction of sp³-hybridized carbons (Fsp3) is 0.364. The Kier molecular flexibility index (Phi) is 4.03. The molecule has 0 bridgehead atoms. The van der Waals surface area contributed by atoms with E-state index in [9.17, 15) is 0 Å². The molecule has 0 unspecified atom stereocenters. The number of benzene rings is 1. The molecule has 0 saturated heterocycles. The van der Waals surface area contributed by atoms with Crippen LogP contribution in [0.1, 0.15) is 19.4 Å². The number of nitrogens with zero attached hydrogens (tertiary/aromatic N) is 1. The molecule has 0 aliphatic heterocycles. The lowest BCUT2D eigenvalue weighted by atomic mass is 10.2. The smallest absolute Gasteiger partial charge is 0.0635 e. The van der Waals surface area contributed by atoms with Crippen molar-refractivity contribution in [2.75, 3.05) is 11.9 Å². The van der Waals surface area contributed by atoms with Gasteiger partial charge in [0.05, 0.1) is 6.54 Å². The van der Waals surface area contributed by atoms with Crippen LogP contribution in [-0.4, -0.2) is 12.8 Å². The number of anilines is 1. The van der Waals surface area contributed by atoms with E-state index in [2.05, 4.69) is 41.5 Å². The monoisotopic (exact) mass is 176 g/mol. The second kappa shape index (κ2) is 5.36. The normalized spacial score (nSPS) is 10.6. The van der Waals surface area contributed by atoms with Crippen molar-refractivity contribution < 1.29 is 0 Å². The topological polar surface area (TPSA) is 24.4 Å². The van der Waals surface area contributed by atoms with Gasteiger partial charge in [0.1, 0.15) is 0 Å². The van der Waals surface area contributed by atoms with E-state index in [1.807, 2.05) is 13.1 Å². The van der Waals surface area contributed by atoms with Gasteiger partial charge in [-0.15, -0.1) is 0 Å². The van der Waals surface area contributed by atoms with Gasteiger partial charge in [0, 0.05) is 12.2 Å². The van der Waals surface area contributed by atoms with Crippen LogP contribution in [0.15, 0.2) is 29.3 Å². The van der Waals surface area contributed by atoms with Crippen LogP contribution in [0.5, 0.6) is 0 Å². The summed E-state index contributed by atoms with van der Waals surface area (Å²) < 4.78 is 0. The van der Waals surface area contributed by atoms with Gasteiger partial charge in [0.2, 0.25) is 0 Å². The molecule has 13 heavy (non-hydrogen) atoms. The number of nitrogens with one attached hydrogen (secondary N) is 1. The third-order valence-corrected chi connectivity index (χ3v) is 1.79. The van der Waals surface area contributed by atoms with Gasteiger partial charge in [-0.2, -0.15) is 0 Å². The molecule has 0 saturated carbocycles. The molecule has 0 heterocycles. The fourth-order valence-electron chi connectivity index (χ4n) is 1.13. The Labute approximate surface area is 79.7 Å². The zero-order valence-electron chi connectivity index (χ0n) is 8.25. The maximum Gasteiger partial charge on any atom is 0.0635 e. The quantitative estimate of drug-likeness (QED) is 0.701. The molecule has 0 atom stereocenters. The van der Waals surface area contributed by atoms with Gasteiger partial charge in [0.25, 0.3) is 0 Å². The molecule has 0 amide bonds. The standard InChI is InChI=1S/C11H16N2/c1-3-12-9-10-5-7-11(8-6-10)13-4-2/h3,5-8,13H,4,9H2,1-2H3. The lowest BCUT2D eigenvalue weighted by Gasteiger charge is -2.03. The minimum Gasteiger partial charge on any atom is -0.385 e. The van der Waals surface area contributed by atoms with Crippen LogP contribution in [0.2, 0.25) is 0 Å². The van der Waals surface area contributed by atoms with Crippen LogP contribution in [-0.2, 0) is 6.54 Å². The third-order valence-electron chi connectivity index (χ3n) is 1.79. The minimum atomic E-state index is 0.781. The van der Waals surface area contributed by atoms with Gasteiger partial charge in [-0.25, -0.2) is 0 Å². The molecule has 1 aromatic carbocycles. The molecule has 2 nitrogen and oxygen atoms in total. The largest absolute Gasteiger partial charge is 0.385 e. The first-order valence-corrected chi connectivity index (χ1v) is 4.64. The van der Waals surface area contributed by atoms with Gasteiger partial charge in [-0.3, -0.25) is 4.99 Å². The maximum absolute atomic E-state index is 4.17. The Morgan fingerprint density at radius 3 is 2.54 bits per heavy atom. The Morgan fingerprint density at radius 1 is 1.31 bits per heavy atom. The van der Waals surface area contributed by atoms with E-state index in [-0.39, 0.29) is 0 Å². The molecule has 70 valence electrons. The van der Waals surface area contributed by atoms with E-state index in [0.29, 0.717) is 0 Å². The molecule has 2 heteroatoms. The second-order valence-electron chi connectivity index (χ2n) is 2.83. The van der Waals surface area contributed by atoms with Gasteiger partial charge in [0.15, 0.2) is 0 Å². The molecule has 0 aliphatic carbocycles. The highest BCUT2D eigenvalue weighted by atomic mass is 14.8. The van der Waals surface area contributed by atoms with E-state index < -0.39 is 0 Å². The van der Waals surface area contributed by atoms with Crippen molar-refractivity contribution in [3.8, 4) is 0 Å². The van der Waals surface area contributed by atoms with E-state index in [1.54, 1.807) is 0 Å². The maximum atomic E-state index is 4.17. The molecular weight excluding hydrogens is 160 g/mol. The highest BCUT2D eigenvalue weighted by Crippen LogP contribution is 2.09. The van der Waals surface area contributed by atoms with Crippen molar-refractivity contribution in [3.63, 3.8) is 0 Å². The number of hydrogen-bond donors (Lipinski definition) is 1. The average Bonchev–Trinajstić information content (AvgIpc) is 2.17. The first-order valence-electron chi connectivity index (χ1n) is 4.64. The Balaban J connectivity index is 2.58. The van der Waals surface area contributed by atoms with Crippen LogP contribution in [0.4, 0.5) is 5.69 Å². The summed E-state index contributed by atoms with van der Waals surface area (Å²) in [6.07, 6.45) is 1.83. The molecular formula is C11H16N2. The van der Waals surface area contributed by atoms with Crippen LogP contribution in [0.25, 0.3) is 0 Å². The van der Waals surface area contributed by atoms with Gasteiger partial charge in [-0.1, -0.05) is 12.1 Å². The van der Waals surface area contributed by atoms with Gasteiger partial charge in [-0.05, 0) is 37.8 Å². The second-order valence-corrected chi connectivity index (χ2v) is 2.83. The van der Waals surface area contributed by atoms with E-state index in [0.717, 1.165) is 13.1 Å². The highest BCUT2D eigenvalue weighted by molar-refractivity contribution is 5.53. The average molecular weight is 176 g/mol. The van der Waals surface area contributed by atoms with Crippen molar-refractivity contribution >= 4 is 11.9 Å². The van der Waals surface area contributed by atoms with Crippen LogP contribution >= 0.6 is 0 Å². The molecule has 1 aromatic rings. The molecule has 0 aromatic heterocycles. The summed E-state index contributed by atoms with van der Waals surface area (Å²) in [6, 6.07) is 8.38. The first kappa shape index (κ1) is 9.78. The molecule has 0 radical (unpaired) electrons. The predicted molar refractivity (Wildman–Crippen MR) is 58.5 cm³/mol. The summed E-state index contributed by atoms with van der Waals surface area (Å²) in [5, 5.41) is 3.25. The van der Waals surface area contributed by atoms with Crippen molar-refractivity contribution in [1.29, 1.82) is 0 Å². The molecule has 1 N–H and O–H groups in total. The van der Waals surface area contributed by atoms with E-state index in [1.165, 1.54) is 11.3 Å². The fourth-order valence-corrected chi connectivity index (χ4v) is 1.13. The number of rotatable bonds is 4. The molecule has 1 rings (SSSR count).